The molecule has 0 atom stereocenters. The van der Waals surface area contributed by atoms with Gasteiger partial charge in [-0.1, -0.05) is 42.5 Å². The van der Waals surface area contributed by atoms with E-state index in [4.69, 9.17) is 5.11 Å². The molecule has 21 heavy (non-hydrogen) atoms. The summed E-state index contributed by atoms with van der Waals surface area (Å²) in [5.41, 5.74) is 1.20. The second kappa shape index (κ2) is 8.39. The first kappa shape index (κ1) is 16.3. The van der Waals surface area contributed by atoms with Crippen LogP contribution in [0.5, 0.6) is 0 Å². The molecule has 108 valence electrons. The molecule has 0 saturated heterocycles. The van der Waals surface area contributed by atoms with Crippen LogP contribution in [-0.4, -0.2) is 30.2 Å². The van der Waals surface area contributed by atoms with Crippen molar-refractivity contribution in [3.05, 3.63) is 65.7 Å². The Hall–Kier alpha value is -2.79. The molecule has 1 amide bonds. The number of carbonyl (C=O) groups is 3. The van der Waals surface area contributed by atoms with Gasteiger partial charge in [0.2, 0.25) is 6.29 Å². The van der Waals surface area contributed by atoms with Gasteiger partial charge in [-0.25, -0.2) is 0 Å². The SMILES string of the molecule is CO.O=CC(=O)Nc1ccccc1C(=O)c1ccccc1. The minimum Gasteiger partial charge on any atom is -0.400 e. The molecule has 2 N–H and O–H groups in total. The number of carbonyl (C=O) groups excluding carboxylic acids is 3. The largest absolute Gasteiger partial charge is 0.400 e. The zero-order valence-corrected chi connectivity index (χ0v) is 11.4. The van der Waals surface area contributed by atoms with Crippen LogP contribution in [0.1, 0.15) is 15.9 Å². The summed E-state index contributed by atoms with van der Waals surface area (Å²) in [5, 5.41) is 9.38. The fourth-order valence-corrected chi connectivity index (χ4v) is 1.70. The van der Waals surface area contributed by atoms with Crippen LogP contribution < -0.4 is 5.32 Å². The number of aliphatic hydroxyl groups excluding tert-OH is 1. The lowest BCUT2D eigenvalue weighted by Gasteiger charge is -2.08. The monoisotopic (exact) mass is 285 g/mol. The molecular weight excluding hydrogens is 270 g/mol. The van der Waals surface area contributed by atoms with E-state index >= 15 is 0 Å². The Morgan fingerprint density at radius 2 is 1.52 bits per heavy atom. The zero-order chi connectivity index (χ0) is 15.7. The van der Waals surface area contributed by atoms with E-state index in [-0.39, 0.29) is 12.1 Å². The van der Waals surface area contributed by atoms with Crippen molar-refractivity contribution in [3.8, 4) is 0 Å². The van der Waals surface area contributed by atoms with Crippen LogP contribution in [0.2, 0.25) is 0 Å². The quantitative estimate of drug-likeness (QED) is 0.508. The summed E-state index contributed by atoms with van der Waals surface area (Å²) in [4.78, 5) is 33.8. The highest BCUT2D eigenvalue weighted by atomic mass is 16.2. The summed E-state index contributed by atoms with van der Waals surface area (Å²) in [6.07, 6.45) is 0.170. The van der Waals surface area contributed by atoms with Gasteiger partial charge in [-0.15, -0.1) is 0 Å². The average Bonchev–Trinajstić information content (AvgIpc) is 2.57. The Morgan fingerprint density at radius 1 is 0.952 bits per heavy atom. The third kappa shape index (κ3) is 4.36. The van der Waals surface area contributed by atoms with Gasteiger partial charge in [0.05, 0.1) is 5.69 Å². The van der Waals surface area contributed by atoms with Crippen LogP contribution in [0.25, 0.3) is 0 Å². The minimum absolute atomic E-state index is 0.170. The van der Waals surface area contributed by atoms with Crippen LogP contribution in [-0.2, 0) is 9.59 Å². The lowest BCUT2D eigenvalue weighted by molar-refractivity contribution is -0.127. The van der Waals surface area contributed by atoms with Crippen molar-refractivity contribution in [2.45, 2.75) is 0 Å². The van der Waals surface area contributed by atoms with Gasteiger partial charge in [0.25, 0.3) is 5.91 Å². The third-order valence-electron chi connectivity index (χ3n) is 2.57. The Kier molecular flexibility index (Phi) is 6.50. The highest BCUT2D eigenvalue weighted by Crippen LogP contribution is 2.19. The molecule has 0 spiro atoms. The van der Waals surface area contributed by atoms with E-state index in [1.54, 1.807) is 48.5 Å². The molecule has 2 aromatic rings. The maximum Gasteiger partial charge on any atom is 0.288 e. The maximum atomic E-state index is 12.3. The molecule has 0 aliphatic heterocycles. The molecule has 0 aliphatic rings. The van der Waals surface area contributed by atoms with Crippen LogP contribution in [0.3, 0.4) is 0 Å². The predicted octanol–water partition coefficient (Wildman–Crippen LogP) is 1.66. The summed E-state index contributed by atoms with van der Waals surface area (Å²) < 4.78 is 0. The van der Waals surface area contributed by atoms with E-state index in [1.807, 2.05) is 6.07 Å². The summed E-state index contributed by atoms with van der Waals surface area (Å²) in [5.74, 6) is -0.990. The molecule has 0 bridgehead atoms. The van der Waals surface area contributed by atoms with Gasteiger partial charge >= 0.3 is 0 Å². The van der Waals surface area contributed by atoms with E-state index in [2.05, 4.69) is 5.32 Å². The van der Waals surface area contributed by atoms with Crippen LogP contribution in [0.15, 0.2) is 54.6 Å². The number of nitrogens with one attached hydrogen (secondary N) is 1. The number of amides is 1. The van der Waals surface area contributed by atoms with Crippen molar-refractivity contribution in [2.24, 2.45) is 0 Å². The Bertz CT molecular complexity index is 623. The molecule has 2 rings (SSSR count). The number of aliphatic hydroxyl groups is 1. The number of anilines is 1. The summed E-state index contributed by atoms with van der Waals surface area (Å²) in [7, 11) is 1.00. The number of ketones is 1. The van der Waals surface area contributed by atoms with Crippen molar-refractivity contribution in [1.82, 2.24) is 0 Å². The molecule has 0 aromatic heterocycles. The third-order valence-corrected chi connectivity index (χ3v) is 2.57. The van der Waals surface area contributed by atoms with Crippen molar-refractivity contribution in [2.75, 3.05) is 12.4 Å². The molecule has 5 nitrogen and oxygen atoms in total. The van der Waals surface area contributed by atoms with E-state index in [0.29, 0.717) is 16.8 Å². The number of para-hydroxylation sites is 1. The molecule has 0 radical (unpaired) electrons. The van der Waals surface area contributed by atoms with E-state index in [1.165, 1.54) is 0 Å². The van der Waals surface area contributed by atoms with Gasteiger partial charge in [-0.05, 0) is 12.1 Å². The van der Waals surface area contributed by atoms with Crippen LogP contribution in [0, 0.1) is 0 Å². The van der Waals surface area contributed by atoms with Crippen LogP contribution in [0.4, 0.5) is 5.69 Å². The van der Waals surface area contributed by atoms with Gasteiger partial charge in [0.1, 0.15) is 0 Å². The fourth-order valence-electron chi connectivity index (χ4n) is 1.70. The van der Waals surface area contributed by atoms with Gasteiger partial charge in [0, 0.05) is 18.2 Å². The lowest BCUT2D eigenvalue weighted by atomic mass is 10.0. The number of hydrogen-bond donors (Lipinski definition) is 2. The second-order valence-corrected chi connectivity index (χ2v) is 3.85. The van der Waals surface area contributed by atoms with Crippen molar-refractivity contribution < 1.29 is 19.5 Å². The van der Waals surface area contributed by atoms with Gasteiger partial charge in [0.15, 0.2) is 5.78 Å². The fraction of sp³-hybridized carbons (Fsp3) is 0.0625. The molecule has 0 unspecified atom stereocenters. The number of benzene rings is 2. The number of rotatable bonds is 4. The summed E-state index contributed by atoms with van der Waals surface area (Å²) in [6.45, 7) is 0. The molecule has 0 aliphatic carbocycles. The molecule has 5 heteroatoms. The topological polar surface area (TPSA) is 83.5 Å². The Balaban J connectivity index is 0.00000106. The average molecular weight is 285 g/mol. The second-order valence-electron chi connectivity index (χ2n) is 3.85. The van der Waals surface area contributed by atoms with Gasteiger partial charge in [-0.3, -0.25) is 14.4 Å². The Morgan fingerprint density at radius 3 is 2.14 bits per heavy atom. The molecule has 2 aromatic carbocycles. The van der Waals surface area contributed by atoms with Gasteiger partial charge in [-0.2, -0.15) is 0 Å². The van der Waals surface area contributed by atoms with E-state index < -0.39 is 5.91 Å². The van der Waals surface area contributed by atoms with Crippen molar-refractivity contribution >= 4 is 23.7 Å². The maximum absolute atomic E-state index is 12.3. The summed E-state index contributed by atoms with van der Waals surface area (Å²) in [6, 6.07) is 15.3. The highest BCUT2D eigenvalue weighted by Gasteiger charge is 2.14. The molecule has 0 heterocycles. The van der Waals surface area contributed by atoms with Gasteiger partial charge < -0.3 is 10.4 Å². The van der Waals surface area contributed by atoms with Crippen molar-refractivity contribution in [3.63, 3.8) is 0 Å². The highest BCUT2D eigenvalue weighted by molar-refractivity contribution is 6.30. The number of hydrogen-bond acceptors (Lipinski definition) is 4. The zero-order valence-electron chi connectivity index (χ0n) is 11.4. The van der Waals surface area contributed by atoms with Crippen molar-refractivity contribution in [1.29, 1.82) is 0 Å². The predicted molar refractivity (Wildman–Crippen MR) is 79.2 cm³/mol. The Labute approximate surface area is 122 Å². The normalized spacial score (nSPS) is 9.05. The van der Waals surface area contributed by atoms with E-state index in [9.17, 15) is 14.4 Å². The lowest BCUT2D eigenvalue weighted by Crippen LogP contribution is -2.15. The molecule has 0 fully saturated rings. The first-order valence-corrected chi connectivity index (χ1v) is 6.12. The van der Waals surface area contributed by atoms with E-state index in [0.717, 1.165) is 7.11 Å². The van der Waals surface area contributed by atoms with Crippen LogP contribution >= 0.6 is 0 Å². The number of aldehydes is 1. The minimum atomic E-state index is -0.784. The summed E-state index contributed by atoms with van der Waals surface area (Å²) >= 11 is 0. The first-order chi connectivity index (χ1) is 10.2. The standard InChI is InChI=1S/C15H11NO3.CH4O/c17-10-14(18)16-13-9-5-4-8-12(13)15(19)11-6-2-1-3-7-11;1-2/h1-10H,(H,16,18);2H,1H3. The first-order valence-electron chi connectivity index (χ1n) is 6.12. The molecule has 0 saturated carbocycles. The molecular formula is C16H15NO4. The smallest absolute Gasteiger partial charge is 0.288 e.